The molecule has 0 bridgehead atoms. The molecule has 0 aromatic heterocycles. The average molecular weight is 308 g/mol. The van der Waals surface area contributed by atoms with Crippen molar-refractivity contribution in [3.8, 4) is 0 Å². The third kappa shape index (κ3) is 3.11. The van der Waals surface area contributed by atoms with E-state index < -0.39 is 14.2 Å². The third-order valence-electron chi connectivity index (χ3n) is 3.13. The number of nitrogens with one attached hydrogen (secondary N) is 1. The number of aryl methyl sites for hydroxylation is 1. The molecule has 1 aromatic carbocycles. The van der Waals surface area contributed by atoms with Crippen molar-refractivity contribution in [2.45, 2.75) is 22.6 Å². The number of halogens is 2. The highest BCUT2D eigenvalue weighted by molar-refractivity contribution is 7.90. The smallest absolute Gasteiger partial charge is 0.175 e. The fourth-order valence-electron chi connectivity index (χ4n) is 1.75. The molecule has 0 radical (unpaired) electrons. The van der Waals surface area contributed by atoms with E-state index in [4.69, 9.17) is 23.2 Å². The summed E-state index contributed by atoms with van der Waals surface area (Å²) in [6.07, 6.45) is 1.97. The fraction of sp³-hybridized carbons (Fsp3) is 0.500. The van der Waals surface area contributed by atoms with Crippen LogP contribution in [-0.4, -0.2) is 25.6 Å². The molecule has 6 heteroatoms. The van der Waals surface area contributed by atoms with Gasteiger partial charge in [-0.3, -0.25) is 0 Å². The maximum atomic E-state index is 11.5. The predicted molar refractivity (Wildman–Crippen MR) is 75.3 cm³/mol. The monoisotopic (exact) mass is 307 g/mol. The number of rotatable bonds is 4. The van der Waals surface area contributed by atoms with Crippen LogP contribution in [0.15, 0.2) is 23.1 Å². The van der Waals surface area contributed by atoms with Crippen molar-refractivity contribution in [2.75, 3.05) is 18.1 Å². The van der Waals surface area contributed by atoms with Crippen LogP contribution in [0.25, 0.3) is 0 Å². The number of anilines is 1. The predicted octanol–water partition coefficient (Wildman–Crippen LogP) is 3.00. The number of sulfone groups is 1. The molecular formula is C12H15Cl2NO2S. The van der Waals surface area contributed by atoms with Gasteiger partial charge in [0.25, 0.3) is 0 Å². The molecule has 3 nitrogen and oxygen atoms in total. The van der Waals surface area contributed by atoms with Crippen LogP contribution in [0.3, 0.4) is 0 Å². The molecule has 0 aliphatic heterocycles. The average Bonchev–Trinajstić information content (AvgIpc) is 2.83. The van der Waals surface area contributed by atoms with Gasteiger partial charge in [0.1, 0.15) is 4.33 Å². The Morgan fingerprint density at radius 1 is 1.44 bits per heavy atom. The Labute approximate surface area is 117 Å². The molecule has 1 aliphatic rings. The second-order valence-corrected chi connectivity index (χ2v) is 8.35. The molecule has 1 saturated carbocycles. The Morgan fingerprint density at radius 2 is 2.06 bits per heavy atom. The minimum absolute atomic E-state index is 0.224. The van der Waals surface area contributed by atoms with Crippen LogP contribution in [-0.2, 0) is 9.84 Å². The topological polar surface area (TPSA) is 46.2 Å². The molecule has 1 N–H and O–H groups in total. The van der Waals surface area contributed by atoms with Crippen molar-refractivity contribution in [3.63, 3.8) is 0 Å². The van der Waals surface area contributed by atoms with Crippen LogP contribution in [0.1, 0.15) is 12.0 Å². The van der Waals surface area contributed by atoms with Crippen LogP contribution >= 0.6 is 23.2 Å². The second kappa shape index (κ2) is 4.58. The van der Waals surface area contributed by atoms with Crippen molar-refractivity contribution >= 4 is 38.7 Å². The standard InChI is InChI=1S/C12H15Cl2NO2S/c1-8-3-4-10(18(2,16)17)5-11(8)15-7-9-6-12(9,13)14/h3-5,9,15H,6-7H2,1-2H3. The van der Waals surface area contributed by atoms with Gasteiger partial charge in [0.15, 0.2) is 9.84 Å². The quantitative estimate of drug-likeness (QED) is 0.870. The lowest BCUT2D eigenvalue weighted by atomic mass is 10.2. The Bertz CT molecular complexity index is 569. The van der Waals surface area contributed by atoms with Gasteiger partial charge in [-0.05, 0) is 31.0 Å². The lowest BCUT2D eigenvalue weighted by molar-refractivity contribution is 0.602. The molecule has 1 aliphatic carbocycles. The summed E-state index contributed by atoms with van der Waals surface area (Å²) in [4.78, 5) is 0.314. The molecule has 100 valence electrons. The van der Waals surface area contributed by atoms with Gasteiger partial charge in [0.05, 0.1) is 4.90 Å². The van der Waals surface area contributed by atoms with Crippen LogP contribution in [0.4, 0.5) is 5.69 Å². The first-order chi connectivity index (χ1) is 8.20. The maximum absolute atomic E-state index is 11.5. The highest BCUT2D eigenvalue weighted by atomic mass is 35.5. The van der Waals surface area contributed by atoms with Crippen molar-refractivity contribution in [1.82, 2.24) is 0 Å². The van der Waals surface area contributed by atoms with E-state index in [2.05, 4.69) is 5.32 Å². The molecule has 1 atom stereocenters. The van der Waals surface area contributed by atoms with Gasteiger partial charge >= 0.3 is 0 Å². The first kappa shape index (κ1) is 14.0. The SMILES string of the molecule is Cc1ccc(S(C)(=O)=O)cc1NCC1CC1(Cl)Cl. The first-order valence-corrected chi connectivity index (χ1v) is 8.27. The number of hydrogen-bond donors (Lipinski definition) is 1. The van der Waals surface area contributed by atoms with Crippen LogP contribution in [0.2, 0.25) is 0 Å². The summed E-state index contributed by atoms with van der Waals surface area (Å²) in [5.41, 5.74) is 1.81. The van der Waals surface area contributed by atoms with Gasteiger partial charge < -0.3 is 5.32 Å². The summed E-state index contributed by atoms with van der Waals surface area (Å²) in [6.45, 7) is 2.58. The van der Waals surface area contributed by atoms with Gasteiger partial charge in [-0.1, -0.05) is 6.07 Å². The molecule has 0 amide bonds. The highest BCUT2D eigenvalue weighted by Crippen LogP contribution is 2.53. The van der Waals surface area contributed by atoms with Crippen LogP contribution in [0, 0.1) is 12.8 Å². The Kier molecular flexibility index (Phi) is 3.56. The molecule has 0 heterocycles. The molecule has 1 unspecified atom stereocenters. The fourth-order valence-corrected chi connectivity index (χ4v) is 2.92. The van der Waals surface area contributed by atoms with Gasteiger partial charge in [-0.15, -0.1) is 23.2 Å². The zero-order valence-electron chi connectivity index (χ0n) is 10.2. The highest BCUT2D eigenvalue weighted by Gasteiger charge is 2.51. The molecule has 1 fully saturated rings. The van der Waals surface area contributed by atoms with Crippen molar-refractivity contribution in [1.29, 1.82) is 0 Å². The summed E-state index contributed by atoms with van der Waals surface area (Å²) < 4.78 is 22.3. The van der Waals surface area contributed by atoms with E-state index in [-0.39, 0.29) is 5.92 Å². The lowest BCUT2D eigenvalue weighted by Crippen LogP contribution is -2.09. The number of alkyl halides is 2. The Morgan fingerprint density at radius 3 is 2.56 bits per heavy atom. The third-order valence-corrected chi connectivity index (χ3v) is 5.17. The Hall–Kier alpha value is -0.450. The summed E-state index contributed by atoms with van der Waals surface area (Å²) >= 11 is 11.9. The first-order valence-electron chi connectivity index (χ1n) is 5.62. The van der Waals surface area contributed by atoms with E-state index >= 15 is 0 Å². The van der Waals surface area contributed by atoms with E-state index in [0.717, 1.165) is 17.7 Å². The number of benzene rings is 1. The van der Waals surface area contributed by atoms with E-state index in [1.807, 2.05) is 6.92 Å². The molecule has 18 heavy (non-hydrogen) atoms. The summed E-state index contributed by atoms with van der Waals surface area (Å²) in [7, 11) is -3.18. The second-order valence-electron chi connectivity index (χ2n) is 4.79. The minimum atomic E-state index is -3.18. The minimum Gasteiger partial charge on any atom is -0.384 e. The van der Waals surface area contributed by atoms with Crippen molar-refractivity contribution < 1.29 is 8.42 Å². The number of hydrogen-bond acceptors (Lipinski definition) is 3. The van der Waals surface area contributed by atoms with Crippen molar-refractivity contribution in [2.24, 2.45) is 5.92 Å². The van der Waals surface area contributed by atoms with Crippen LogP contribution < -0.4 is 5.32 Å². The van der Waals surface area contributed by atoms with E-state index in [1.165, 1.54) is 6.26 Å². The normalized spacial score (nSPS) is 21.7. The van der Waals surface area contributed by atoms with Gasteiger partial charge in [0.2, 0.25) is 0 Å². The van der Waals surface area contributed by atoms with E-state index in [9.17, 15) is 8.42 Å². The van der Waals surface area contributed by atoms with Gasteiger partial charge in [-0.2, -0.15) is 0 Å². The van der Waals surface area contributed by atoms with Gasteiger partial charge in [0, 0.05) is 24.4 Å². The lowest BCUT2D eigenvalue weighted by Gasteiger charge is -2.11. The Balaban J connectivity index is 2.12. The zero-order valence-corrected chi connectivity index (χ0v) is 12.5. The van der Waals surface area contributed by atoms with E-state index in [0.29, 0.717) is 11.4 Å². The molecule has 1 aromatic rings. The largest absolute Gasteiger partial charge is 0.384 e. The van der Waals surface area contributed by atoms with E-state index in [1.54, 1.807) is 18.2 Å². The maximum Gasteiger partial charge on any atom is 0.175 e. The molecule has 0 saturated heterocycles. The van der Waals surface area contributed by atoms with Gasteiger partial charge in [-0.25, -0.2) is 8.42 Å². The van der Waals surface area contributed by atoms with Crippen LogP contribution in [0.5, 0.6) is 0 Å². The summed E-state index contributed by atoms with van der Waals surface area (Å²) in [5.74, 6) is 0.224. The zero-order chi connectivity index (χ0) is 13.6. The summed E-state index contributed by atoms with van der Waals surface area (Å²) in [5, 5.41) is 3.21. The molecule has 2 rings (SSSR count). The molecular weight excluding hydrogens is 293 g/mol. The summed E-state index contributed by atoms with van der Waals surface area (Å²) in [6, 6.07) is 5.05. The van der Waals surface area contributed by atoms with Crippen molar-refractivity contribution in [3.05, 3.63) is 23.8 Å². The molecule has 0 spiro atoms.